The molecule has 1 aromatic heterocycles. The molecule has 0 unspecified atom stereocenters. The van der Waals surface area contributed by atoms with Crippen LogP contribution < -0.4 is 4.74 Å². The minimum Gasteiger partial charge on any atom is -0.478 e. The van der Waals surface area contributed by atoms with E-state index in [0.717, 1.165) is 12.1 Å². The third-order valence-corrected chi connectivity index (χ3v) is 1.75. The Balaban J connectivity index is 2.95. The molecule has 0 aromatic carbocycles. The zero-order chi connectivity index (χ0) is 11.5. The molecular weight excluding hydrogens is 231 g/mol. The van der Waals surface area contributed by atoms with Gasteiger partial charge < -0.3 is 4.74 Å². The number of halogens is 4. The van der Waals surface area contributed by atoms with Crippen molar-refractivity contribution in [2.75, 3.05) is 6.61 Å². The normalized spacial score (nSPS) is 11.5. The molecule has 1 aromatic rings. The summed E-state index contributed by atoms with van der Waals surface area (Å²) in [7, 11) is 0. The standard InChI is InChI=1S/C9H9ClF3NO/c1-2-3-15-8-5-6(9(11,12)13)4-7(10)14-8/h4-5H,2-3H2,1H3. The summed E-state index contributed by atoms with van der Waals surface area (Å²) in [5.74, 6) is -0.100. The number of hydrogen-bond acceptors (Lipinski definition) is 2. The Morgan fingerprint density at radius 1 is 1.40 bits per heavy atom. The van der Waals surface area contributed by atoms with Gasteiger partial charge in [0, 0.05) is 6.07 Å². The largest absolute Gasteiger partial charge is 0.478 e. The molecule has 0 radical (unpaired) electrons. The van der Waals surface area contributed by atoms with Crippen molar-refractivity contribution in [3.63, 3.8) is 0 Å². The van der Waals surface area contributed by atoms with Crippen LogP contribution in [0.5, 0.6) is 5.88 Å². The van der Waals surface area contributed by atoms with Crippen molar-refractivity contribution in [2.45, 2.75) is 19.5 Å². The summed E-state index contributed by atoms with van der Waals surface area (Å²) < 4.78 is 42.0. The second-order valence-corrected chi connectivity index (χ2v) is 3.25. The fourth-order valence-electron chi connectivity index (χ4n) is 0.917. The van der Waals surface area contributed by atoms with E-state index < -0.39 is 11.7 Å². The summed E-state index contributed by atoms with van der Waals surface area (Å²) in [6.45, 7) is 2.15. The molecule has 1 heterocycles. The first-order chi connectivity index (χ1) is 6.93. The highest BCUT2D eigenvalue weighted by Crippen LogP contribution is 2.32. The molecular formula is C9H9ClF3NO. The van der Waals surface area contributed by atoms with Gasteiger partial charge in [-0.3, -0.25) is 0 Å². The van der Waals surface area contributed by atoms with E-state index in [2.05, 4.69) is 4.98 Å². The van der Waals surface area contributed by atoms with E-state index in [4.69, 9.17) is 16.3 Å². The summed E-state index contributed by atoms with van der Waals surface area (Å²) in [6.07, 6.45) is -3.74. The number of nitrogens with zero attached hydrogens (tertiary/aromatic N) is 1. The highest BCUT2D eigenvalue weighted by Gasteiger charge is 2.31. The Morgan fingerprint density at radius 3 is 2.60 bits per heavy atom. The van der Waals surface area contributed by atoms with Crippen LogP contribution in [0.25, 0.3) is 0 Å². The maximum absolute atomic E-state index is 12.3. The molecule has 15 heavy (non-hydrogen) atoms. The Kier molecular flexibility index (Phi) is 3.79. The second-order valence-electron chi connectivity index (χ2n) is 2.86. The molecule has 0 atom stereocenters. The van der Waals surface area contributed by atoms with Crippen molar-refractivity contribution in [1.82, 2.24) is 4.98 Å². The highest BCUT2D eigenvalue weighted by molar-refractivity contribution is 6.29. The maximum Gasteiger partial charge on any atom is 0.416 e. The number of pyridine rings is 1. The lowest BCUT2D eigenvalue weighted by Gasteiger charge is -2.09. The molecule has 0 aliphatic heterocycles. The van der Waals surface area contributed by atoms with E-state index in [1.807, 2.05) is 6.92 Å². The van der Waals surface area contributed by atoms with Crippen molar-refractivity contribution in [3.05, 3.63) is 22.8 Å². The van der Waals surface area contributed by atoms with E-state index >= 15 is 0 Å². The van der Waals surface area contributed by atoms with Gasteiger partial charge in [0.25, 0.3) is 0 Å². The molecule has 0 saturated heterocycles. The van der Waals surface area contributed by atoms with Crippen LogP contribution >= 0.6 is 11.6 Å². The lowest BCUT2D eigenvalue weighted by molar-refractivity contribution is -0.137. The fourth-order valence-corrected chi connectivity index (χ4v) is 1.12. The third kappa shape index (κ3) is 3.58. The lowest BCUT2D eigenvalue weighted by Crippen LogP contribution is -2.07. The van der Waals surface area contributed by atoms with E-state index in [0.29, 0.717) is 13.0 Å². The van der Waals surface area contributed by atoms with Crippen molar-refractivity contribution in [3.8, 4) is 5.88 Å². The quantitative estimate of drug-likeness (QED) is 0.753. The van der Waals surface area contributed by atoms with Crippen molar-refractivity contribution in [1.29, 1.82) is 0 Å². The lowest BCUT2D eigenvalue weighted by atomic mass is 10.2. The Hall–Kier alpha value is -0.970. The smallest absolute Gasteiger partial charge is 0.416 e. The fraction of sp³-hybridized carbons (Fsp3) is 0.444. The van der Waals surface area contributed by atoms with Crippen molar-refractivity contribution >= 4 is 11.6 Å². The van der Waals surface area contributed by atoms with Gasteiger partial charge in [-0.2, -0.15) is 13.2 Å². The van der Waals surface area contributed by atoms with Gasteiger partial charge in [0.2, 0.25) is 5.88 Å². The first-order valence-corrected chi connectivity index (χ1v) is 4.69. The van der Waals surface area contributed by atoms with Crippen LogP contribution in [0.15, 0.2) is 12.1 Å². The molecule has 0 amide bonds. The molecule has 6 heteroatoms. The van der Waals surface area contributed by atoms with Crippen LogP contribution in [0.3, 0.4) is 0 Å². The van der Waals surface area contributed by atoms with Crippen LogP contribution in [-0.2, 0) is 6.18 Å². The van der Waals surface area contributed by atoms with Gasteiger partial charge in [0.15, 0.2) is 0 Å². The second kappa shape index (κ2) is 4.70. The average Bonchev–Trinajstić information content (AvgIpc) is 2.12. The maximum atomic E-state index is 12.3. The predicted octanol–water partition coefficient (Wildman–Crippen LogP) is 3.54. The summed E-state index contributed by atoms with van der Waals surface area (Å²) >= 11 is 5.44. The molecule has 0 bridgehead atoms. The van der Waals surface area contributed by atoms with E-state index in [1.54, 1.807) is 0 Å². The average molecular weight is 240 g/mol. The van der Waals surface area contributed by atoms with Crippen LogP contribution in [0.4, 0.5) is 13.2 Å². The number of rotatable bonds is 3. The van der Waals surface area contributed by atoms with Crippen LogP contribution in [-0.4, -0.2) is 11.6 Å². The molecule has 2 nitrogen and oxygen atoms in total. The molecule has 0 aliphatic rings. The number of alkyl halides is 3. The Bertz CT molecular complexity index is 341. The predicted molar refractivity (Wildman–Crippen MR) is 50.0 cm³/mol. The van der Waals surface area contributed by atoms with Gasteiger partial charge in [-0.15, -0.1) is 0 Å². The van der Waals surface area contributed by atoms with Crippen molar-refractivity contribution in [2.24, 2.45) is 0 Å². The van der Waals surface area contributed by atoms with Gasteiger partial charge in [-0.05, 0) is 12.5 Å². The minimum atomic E-state index is -4.43. The third-order valence-electron chi connectivity index (χ3n) is 1.55. The highest BCUT2D eigenvalue weighted by atomic mass is 35.5. The Labute approximate surface area is 90.0 Å². The van der Waals surface area contributed by atoms with Gasteiger partial charge in [0.05, 0.1) is 12.2 Å². The summed E-state index contributed by atoms with van der Waals surface area (Å²) in [4.78, 5) is 3.63. The van der Waals surface area contributed by atoms with Crippen LogP contribution in [0.2, 0.25) is 5.15 Å². The van der Waals surface area contributed by atoms with Crippen molar-refractivity contribution < 1.29 is 17.9 Å². The zero-order valence-corrected chi connectivity index (χ0v) is 8.69. The minimum absolute atomic E-state index is 0.100. The zero-order valence-electron chi connectivity index (χ0n) is 7.94. The van der Waals surface area contributed by atoms with Gasteiger partial charge in [0.1, 0.15) is 5.15 Å². The number of ether oxygens (including phenoxy) is 1. The van der Waals surface area contributed by atoms with Gasteiger partial charge in [-0.25, -0.2) is 4.98 Å². The first-order valence-electron chi connectivity index (χ1n) is 4.31. The molecule has 1 rings (SSSR count). The molecule has 0 fully saturated rings. The van der Waals surface area contributed by atoms with Crippen LogP contribution in [0.1, 0.15) is 18.9 Å². The monoisotopic (exact) mass is 239 g/mol. The Morgan fingerprint density at radius 2 is 2.07 bits per heavy atom. The molecule has 0 saturated carbocycles. The summed E-state index contributed by atoms with van der Waals surface area (Å²) in [5, 5.41) is -0.226. The number of hydrogen-bond donors (Lipinski definition) is 0. The van der Waals surface area contributed by atoms with E-state index in [9.17, 15) is 13.2 Å². The topological polar surface area (TPSA) is 22.1 Å². The first kappa shape index (κ1) is 12.1. The summed E-state index contributed by atoms with van der Waals surface area (Å²) in [5.41, 5.74) is -0.853. The molecule has 84 valence electrons. The van der Waals surface area contributed by atoms with Gasteiger partial charge >= 0.3 is 6.18 Å². The number of aromatic nitrogens is 1. The SMILES string of the molecule is CCCOc1cc(C(F)(F)F)cc(Cl)n1. The van der Waals surface area contributed by atoms with Crippen LogP contribution in [0, 0.1) is 0 Å². The van der Waals surface area contributed by atoms with E-state index in [-0.39, 0.29) is 11.0 Å². The summed E-state index contributed by atoms with van der Waals surface area (Å²) in [6, 6.07) is 1.60. The molecule has 0 spiro atoms. The van der Waals surface area contributed by atoms with E-state index in [1.165, 1.54) is 0 Å². The molecule has 0 N–H and O–H groups in total. The molecule has 0 aliphatic carbocycles. The van der Waals surface area contributed by atoms with Gasteiger partial charge in [-0.1, -0.05) is 18.5 Å².